The van der Waals surface area contributed by atoms with Crippen molar-refractivity contribution in [1.82, 2.24) is 10.2 Å². The van der Waals surface area contributed by atoms with Crippen LogP contribution >= 0.6 is 0 Å². The van der Waals surface area contributed by atoms with E-state index in [0.717, 1.165) is 12.5 Å². The molecule has 0 aromatic rings. The highest BCUT2D eigenvalue weighted by molar-refractivity contribution is 5.80. The van der Waals surface area contributed by atoms with Crippen molar-refractivity contribution in [2.75, 3.05) is 20.6 Å². The van der Waals surface area contributed by atoms with Crippen molar-refractivity contribution >= 4 is 5.91 Å². The van der Waals surface area contributed by atoms with Gasteiger partial charge in [-0.15, -0.1) is 0 Å². The third-order valence-corrected chi connectivity index (χ3v) is 3.04. The first-order valence-electron chi connectivity index (χ1n) is 5.56. The SMILES string of the molecule is CC(NCCC1CCC1)C(=O)N(C)C. The molecule has 1 rings (SSSR count). The summed E-state index contributed by atoms with van der Waals surface area (Å²) in [6.07, 6.45) is 5.40. The fraction of sp³-hybridized carbons (Fsp3) is 0.909. The minimum Gasteiger partial charge on any atom is -0.347 e. The first-order valence-corrected chi connectivity index (χ1v) is 5.56. The van der Waals surface area contributed by atoms with Crippen LogP contribution < -0.4 is 5.32 Å². The van der Waals surface area contributed by atoms with Gasteiger partial charge in [0.1, 0.15) is 0 Å². The molecule has 0 spiro atoms. The van der Waals surface area contributed by atoms with Gasteiger partial charge in [0.05, 0.1) is 6.04 Å². The average Bonchev–Trinajstić information content (AvgIpc) is 2.07. The molecule has 0 radical (unpaired) electrons. The van der Waals surface area contributed by atoms with Gasteiger partial charge in [-0.3, -0.25) is 4.79 Å². The molecule has 14 heavy (non-hydrogen) atoms. The van der Waals surface area contributed by atoms with E-state index in [2.05, 4.69) is 5.32 Å². The van der Waals surface area contributed by atoms with Crippen LogP contribution in [0.3, 0.4) is 0 Å². The first-order chi connectivity index (χ1) is 6.61. The Hall–Kier alpha value is -0.570. The van der Waals surface area contributed by atoms with E-state index < -0.39 is 0 Å². The highest BCUT2D eigenvalue weighted by atomic mass is 16.2. The summed E-state index contributed by atoms with van der Waals surface area (Å²) in [5.41, 5.74) is 0. The van der Waals surface area contributed by atoms with Crippen molar-refractivity contribution in [1.29, 1.82) is 0 Å². The van der Waals surface area contributed by atoms with E-state index in [4.69, 9.17) is 0 Å². The van der Waals surface area contributed by atoms with Crippen LogP contribution in [-0.4, -0.2) is 37.5 Å². The molecule has 0 heterocycles. The number of hydrogen-bond acceptors (Lipinski definition) is 2. The minimum atomic E-state index is -0.0370. The number of carbonyl (C=O) groups is 1. The van der Waals surface area contributed by atoms with Crippen LogP contribution in [0.25, 0.3) is 0 Å². The van der Waals surface area contributed by atoms with Crippen LogP contribution in [0.15, 0.2) is 0 Å². The Morgan fingerprint density at radius 1 is 1.50 bits per heavy atom. The van der Waals surface area contributed by atoms with Crippen LogP contribution in [0.2, 0.25) is 0 Å². The zero-order valence-corrected chi connectivity index (χ0v) is 9.55. The van der Waals surface area contributed by atoms with Gasteiger partial charge in [0.2, 0.25) is 5.91 Å². The van der Waals surface area contributed by atoms with Gasteiger partial charge < -0.3 is 10.2 Å². The lowest BCUT2D eigenvalue weighted by Crippen LogP contribution is -2.42. The highest BCUT2D eigenvalue weighted by Crippen LogP contribution is 2.28. The largest absolute Gasteiger partial charge is 0.347 e. The number of hydrogen-bond donors (Lipinski definition) is 1. The molecule has 0 bridgehead atoms. The maximum Gasteiger partial charge on any atom is 0.238 e. The zero-order valence-electron chi connectivity index (χ0n) is 9.55. The van der Waals surface area contributed by atoms with Crippen molar-refractivity contribution < 1.29 is 4.79 Å². The molecule has 0 saturated heterocycles. The number of nitrogens with one attached hydrogen (secondary N) is 1. The molecule has 3 nitrogen and oxygen atoms in total. The molecule has 1 aliphatic rings. The quantitative estimate of drug-likeness (QED) is 0.721. The van der Waals surface area contributed by atoms with Crippen LogP contribution in [0.5, 0.6) is 0 Å². The minimum absolute atomic E-state index is 0.0370. The molecule has 0 aromatic heterocycles. The Labute approximate surface area is 86.9 Å². The second-order valence-electron chi connectivity index (χ2n) is 4.49. The molecule has 1 aliphatic carbocycles. The lowest BCUT2D eigenvalue weighted by atomic mass is 9.83. The van der Waals surface area contributed by atoms with E-state index in [-0.39, 0.29) is 11.9 Å². The van der Waals surface area contributed by atoms with E-state index >= 15 is 0 Å². The molecule has 1 atom stereocenters. The van der Waals surface area contributed by atoms with Gasteiger partial charge in [-0.25, -0.2) is 0 Å². The van der Waals surface area contributed by atoms with Crippen molar-refractivity contribution in [3.05, 3.63) is 0 Å². The molecule has 1 fully saturated rings. The molecular weight excluding hydrogens is 176 g/mol. The number of rotatable bonds is 5. The van der Waals surface area contributed by atoms with Gasteiger partial charge in [-0.1, -0.05) is 19.3 Å². The molecule has 0 aliphatic heterocycles. The van der Waals surface area contributed by atoms with Gasteiger partial charge in [0.15, 0.2) is 0 Å². The third-order valence-electron chi connectivity index (χ3n) is 3.04. The van der Waals surface area contributed by atoms with Gasteiger partial charge in [0.25, 0.3) is 0 Å². The fourth-order valence-corrected chi connectivity index (χ4v) is 1.76. The van der Waals surface area contributed by atoms with Crippen molar-refractivity contribution in [2.24, 2.45) is 5.92 Å². The summed E-state index contributed by atoms with van der Waals surface area (Å²) in [5, 5.41) is 3.27. The Kier molecular flexibility index (Phi) is 4.39. The van der Waals surface area contributed by atoms with Crippen LogP contribution in [0.4, 0.5) is 0 Å². The van der Waals surface area contributed by atoms with E-state index in [1.165, 1.54) is 25.7 Å². The first kappa shape index (κ1) is 11.5. The fourth-order valence-electron chi connectivity index (χ4n) is 1.76. The second-order valence-corrected chi connectivity index (χ2v) is 4.49. The topological polar surface area (TPSA) is 32.3 Å². The van der Waals surface area contributed by atoms with Gasteiger partial charge >= 0.3 is 0 Å². The standard InChI is InChI=1S/C11H22N2O/c1-9(11(14)13(2)3)12-8-7-10-5-4-6-10/h9-10,12H,4-8H2,1-3H3. The normalized spacial score (nSPS) is 18.8. The number of likely N-dealkylation sites (N-methyl/N-ethyl adjacent to an activating group) is 1. The number of amides is 1. The summed E-state index contributed by atoms with van der Waals surface area (Å²) in [6.45, 7) is 2.91. The maximum absolute atomic E-state index is 11.5. The van der Waals surface area contributed by atoms with E-state index in [9.17, 15) is 4.79 Å². The second kappa shape index (κ2) is 5.35. The van der Waals surface area contributed by atoms with Gasteiger partial charge in [-0.05, 0) is 25.8 Å². The third kappa shape index (κ3) is 3.29. The van der Waals surface area contributed by atoms with Crippen molar-refractivity contribution in [2.45, 2.75) is 38.6 Å². The Bertz CT molecular complexity index is 188. The Balaban J connectivity index is 2.07. The molecular formula is C11H22N2O. The predicted octanol–water partition coefficient (Wildman–Crippen LogP) is 1.24. The van der Waals surface area contributed by atoms with Crippen LogP contribution in [-0.2, 0) is 4.79 Å². The summed E-state index contributed by atoms with van der Waals surface area (Å²) < 4.78 is 0. The lowest BCUT2D eigenvalue weighted by Gasteiger charge is -2.26. The molecule has 1 unspecified atom stereocenters. The molecule has 1 N–H and O–H groups in total. The molecule has 0 aromatic carbocycles. The lowest BCUT2D eigenvalue weighted by molar-refractivity contribution is -0.130. The summed E-state index contributed by atoms with van der Waals surface area (Å²) in [5.74, 6) is 1.09. The molecule has 1 saturated carbocycles. The summed E-state index contributed by atoms with van der Waals surface area (Å²) >= 11 is 0. The smallest absolute Gasteiger partial charge is 0.238 e. The van der Waals surface area contributed by atoms with Crippen molar-refractivity contribution in [3.63, 3.8) is 0 Å². The van der Waals surface area contributed by atoms with E-state index in [0.29, 0.717) is 0 Å². The predicted molar refractivity (Wildman–Crippen MR) is 58.1 cm³/mol. The van der Waals surface area contributed by atoms with E-state index in [1.54, 1.807) is 19.0 Å². The van der Waals surface area contributed by atoms with Crippen LogP contribution in [0.1, 0.15) is 32.6 Å². The monoisotopic (exact) mass is 198 g/mol. The maximum atomic E-state index is 11.5. The molecule has 1 amide bonds. The molecule has 82 valence electrons. The van der Waals surface area contributed by atoms with E-state index in [1.807, 2.05) is 6.92 Å². The van der Waals surface area contributed by atoms with Crippen LogP contribution in [0, 0.1) is 5.92 Å². The Morgan fingerprint density at radius 2 is 2.14 bits per heavy atom. The Morgan fingerprint density at radius 3 is 2.57 bits per heavy atom. The summed E-state index contributed by atoms with van der Waals surface area (Å²) in [4.78, 5) is 13.1. The average molecular weight is 198 g/mol. The summed E-state index contributed by atoms with van der Waals surface area (Å²) in [7, 11) is 3.60. The summed E-state index contributed by atoms with van der Waals surface area (Å²) in [6, 6.07) is -0.0370. The zero-order chi connectivity index (χ0) is 10.6. The number of carbonyl (C=O) groups excluding carboxylic acids is 1. The highest BCUT2D eigenvalue weighted by Gasteiger charge is 2.18. The van der Waals surface area contributed by atoms with Crippen molar-refractivity contribution in [3.8, 4) is 0 Å². The van der Waals surface area contributed by atoms with Gasteiger partial charge in [-0.2, -0.15) is 0 Å². The molecule has 3 heteroatoms. The van der Waals surface area contributed by atoms with Gasteiger partial charge in [0, 0.05) is 14.1 Å². The number of nitrogens with zero attached hydrogens (tertiary/aromatic N) is 1.